The topological polar surface area (TPSA) is 311 Å². The first-order valence-corrected chi connectivity index (χ1v) is 19.5. The van der Waals surface area contributed by atoms with Gasteiger partial charge in [0.05, 0.1) is 32.1 Å². The maximum Gasteiger partial charge on any atom is 0.281 e. The zero-order chi connectivity index (χ0) is 47.6. The van der Waals surface area contributed by atoms with Crippen LogP contribution in [0.5, 0.6) is 0 Å². The highest BCUT2D eigenvalue weighted by molar-refractivity contribution is 6.32. The molecule has 0 amide bonds. The number of nitrogen functional groups attached to an aromatic ring is 3. The monoisotopic (exact) mass is 978 g/mol. The van der Waals surface area contributed by atoms with Crippen molar-refractivity contribution in [2.45, 2.75) is 59.3 Å². The quantitative estimate of drug-likeness (QED) is 0.118. The molecule has 9 aromatic heterocycles. The maximum atomic E-state index is 13.0. The van der Waals surface area contributed by atoms with E-state index in [1.165, 1.54) is 0 Å². The molecule has 0 aliphatic carbocycles. The summed E-state index contributed by atoms with van der Waals surface area (Å²) in [6, 6.07) is 0. The number of alkyl halides is 6. The molecule has 0 aromatic carbocycles. The van der Waals surface area contributed by atoms with Gasteiger partial charge in [-0.1, -0.05) is 34.8 Å². The molecule has 9 rings (SSSR count). The zero-order valence-electron chi connectivity index (χ0n) is 33.7. The van der Waals surface area contributed by atoms with Crippen LogP contribution in [0.1, 0.15) is 87.6 Å². The molecule has 0 atom stereocenters. The molecule has 9 aromatic rings. The lowest BCUT2D eigenvalue weighted by molar-refractivity contribution is 0.136. The summed E-state index contributed by atoms with van der Waals surface area (Å²) in [5, 5.41) is 21.3. The van der Waals surface area contributed by atoms with Gasteiger partial charge >= 0.3 is 0 Å². The van der Waals surface area contributed by atoms with Gasteiger partial charge in [0.2, 0.25) is 16.9 Å². The molecule has 30 heteroatoms. The van der Waals surface area contributed by atoms with E-state index in [0.29, 0.717) is 67.8 Å². The molecule has 0 bridgehead atoms. The van der Waals surface area contributed by atoms with Crippen LogP contribution in [0, 0.1) is 20.8 Å². The predicted molar refractivity (Wildman–Crippen MR) is 221 cm³/mol. The number of aryl methyl sites for hydroxylation is 3. The van der Waals surface area contributed by atoms with Crippen molar-refractivity contribution in [3.63, 3.8) is 0 Å². The van der Waals surface area contributed by atoms with Crippen molar-refractivity contribution in [2.75, 3.05) is 17.2 Å². The van der Waals surface area contributed by atoms with Crippen molar-refractivity contribution < 1.29 is 40.2 Å². The first-order chi connectivity index (χ1) is 31.4. The smallest absolute Gasteiger partial charge is 0.281 e. The molecule has 0 fully saturated rings. The largest absolute Gasteiger partial charge is 0.396 e. The molecule has 0 radical (unpaired) electrons. The van der Waals surface area contributed by atoms with E-state index in [1.54, 1.807) is 26.2 Å². The third-order valence-corrected chi connectivity index (χ3v) is 10.2. The van der Waals surface area contributed by atoms with E-state index in [9.17, 15) is 26.3 Å². The number of anilines is 3. The van der Waals surface area contributed by atoms with E-state index < -0.39 is 41.4 Å². The standard InChI is InChI=1S/C13H9ClF4N6O.C12H9ClF2N6O.C11H9ClN6O/c1-3-4(7(19)10-13(20-3)24-25-23-10)2-5-21-8(11(15)16)6(14)9(22-5)12(17)18;1-4-5(8(16)10-12(18-4)21-22-20-10)2-7-17-3-6(13)9(19-7)11(14)15;1-5-7(2-8-14-3-6(12)4-15-8)9(13)10-11(16-5)18-19-17-10/h11-12H,2,19H2,1H3;3,11H,2,16H2,1H3;3-4H,2,13H2,1H3. The fraction of sp³-hybridized carbons (Fsp3) is 0.250. The number of pyridine rings is 3. The van der Waals surface area contributed by atoms with Crippen LogP contribution >= 0.6 is 34.8 Å². The van der Waals surface area contributed by atoms with Crippen molar-refractivity contribution in [3.05, 3.63) is 102 Å². The van der Waals surface area contributed by atoms with Gasteiger partial charge in [0.25, 0.3) is 19.3 Å². The minimum absolute atomic E-state index is 0.115. The van der Waals surface area contributed by atoms with E-state index >= 15 is 0 Å². The molecule has 66 heavy (non-hydrogen) atoms. The Morgan fingerprint density at radius 2 is 0.818 bits per heavy atom. The first kappa shape index (κ1) is 46.7. The van der Waals surface area contributed by atoms with Gasteiger partial charge in [-0.3, -0.25) is 0 Å². The normalized spacial score (nSPS) is 11.5. The van der Waals surface area contributed by atoms with E-state index in [-0.39, 0.29) is 52.0 Å². The predicted octanol–water partition coefficient (Wildman–Crippen LogP) is 7.44. The van der Waals surface area contributed by atoms with Gasteiger partial charge in [0.15, 0.2) is 16.6 Å². The van der Waals surface area contributed by atoms with Crippen LogP contribution in [0.4, 0.5) is 43.4 Å². The third-order valence-electron chi connectivity index (χ3n) is 9.35. The van der Waals surface area contributed by atoms with Gasteiger partial charge in [-0.05, 0) is 51.7 Å². The van der Waals surface area contributed by atoms with E-state index in [2.05, 4.69) is 89.7 Å². The first-order valence-electron chi connectivity index (χ1n) is 18.4. The van der Waals surface area contributed by atoms with Crippen LogP contribution in [0.25, 0.3) is 33.5 Å². The Kier molecular flexibility index (Phi) is 13.8. The SMILES string of the molecule is Cc1nc2nonc2c(N)c1Cc1nc(C(F)F)c(Cl)c(C(F)F)n1.Cc1nc2nonc2c(N)c1Cc1ncc(Cl)c(C(F)F)n1.Cc1nc2nonc2c(N)c1Cc1ncc(Cl)cn1. The van der Waals surface area contributed by atoms with Crippen molar-refractivity contribution in [1.29, 1.82) is 0 Å². The van der Waals surface area contributed by atoms with Crippen molar-refractivity contribution in [2.24, 2.45) is 0 Å². The maximum absolute atomic E-state index is 13.0. The third kappa shape index (κ3) is 9.86. The zero-order valence-corrected chi connectivity index (χ0v) is 35.9. The number of hydrogen-bond donors (Lipinski definition) is 3. The van der Waals surface area contributed by atoms with Crippen LogP contribution in [0.3, 0.4) is 0 Å². The highest BCUT2D eigenvalue weighted by Gasteiger charge is 2.26. The highest BCUT2D eigenvalue weighted by atomic mass is 35.5. The number of aromatic nitrogens is 15. The second-order valence-corrected chi connectivity index (χ2v) is 14.8. The average molecular weight is 980 g/mol. The summed E-state index contributed by atoms with van der Waals surface area (Å²) in [5.41, 5.74) is 21.7. The summed E-state index contributed by atoms with van der Waals surface area (Å²) in [7, 11) is 0. The van der Waals surface area contributed by atoms with Gasteiger partial charge in [0, 0.05) is 71.6 Å². The lowest BCUT2D eigenvalue weighted by Gasteiger charge is -2.12. The molecule has 0 aliphatic rings. The van der Waals surface area contributed by atoms with Crippen molar-refractivity contribution >= 4 is 85.4 Å². The number of rotatable bonds is 9. The summed E-state index contributed by atoms with van der Waals surface area (Å²) in [5.74, 6) is 0.478. The Morgan fingerprint density at radius 3 is 1.21 bits per heavy atom. The van der Waals surface area contributed by atoms with Gasteiger partial charge < -0.3 is 17.2 Å². The van der Waals surface area contributed by atoms with Gasteiger partial charge in [-0.15, -0.1) is 0 Å². The summed E-state index contributed by atoms with van der Waals surface area (Å²) < 4.78 is 91.5. The molecule has 9 heterocycles. The minimum atomic E-state index is -3.13. The lowest BCUT2D eigenvalue weighted by atomic mass is 10.1. The molecular formula is C36H27Cl3F6N18O3. The molecular weight excluding hydrogens is 953 g/mol. The van der Waals surface area contributed by atoms with Crippen molar-refractivity contribution in [3.8, 4) is 0 Å². The number of fused-ring (bicyclic) bond motifs is 3. The Balaban J connectivity index is 0.000000149. The Morgan fingerprint density at radius 1 is 0.470 bits per heavy atom. The number of nitrogens with two attached hydrogens (primary N) is 3. The summed E-state index contributed by atoms with van der Waals surface area (Å²) in [6.07, 6.45) is -4.48. The van der Waals surface area contributed by atoms with Gasteiger partial charge in [-0.2, -0.15) is 0 Å². The molecule has 6 N–H and O–H groups in total. The van der Waals surface area contributed by atoms with E-state index in [0.717, 1.165) is 17.5 Å². The molecule has 0 saturated heterocycles. The molecule has 0 saturated carbocycles. The second-order valence-electron chi connectivity index (χ2n) is 13.6. The molecule has 342 valence electrons. The number of hydrogen-bond acceptors (Lipinski definition) is 21. The van der Waals surface area contributed by atoms with Crippen LogP contribution in [-0.2, 0) is 19.3 Å². The van der Waals surface area contributed by atoms with Gasteiger partial charge in [0.1, 0.15) is 34.6 Å². The van der Waals surface area contributed by atoms with Crippen LogP contribution in [0.2, 0.25) is 15.1 Å². The summed E-state index contributed by atoms with van der Waals surface area (Å²) in [6.45, 7) is 5.14. The molecule has 0 aliphatic heterocycles. The summed E-state index contributed by atoms with van der Waals surface area (Å²) >= 11 is 16.9. The fourth-order valence-electron chi connectivity index (χ4n) is 6.10. The Labute approximate surface area is 378 Å². The highest BCUT2D eigenvalue weighted by Crippen LogP contribution is 2.34. The summed E-state index contributed by atoms with van der Waals surface area (Å²) in [4.78, 5) is 35.8. The Bertz CT molecular complexity index is 3190. The second kappa shape index (κ2) is 19.5. The van der Waals surface area contributed by atoms with E-state index in [4.69, 9.17) is 52.0 Å². The van der Waals surface area contributed by atoms with E-state index in [1.807, 2.05) is 6.92 Å². The van der Waals surface area contributed by atoms with Crippen LogP contribution < -0.4 is 17.2 Å². The fourth-order valence-corrected chi connectivity index (χ4v) is 6.63. The van der Waals surface area contributed by atoms with Gasteiger partial charge in [-0.25, -0.2) is 85.1 Å². The Hall–Kier alpha value is -7.26. The van der Waals surface area contributed by atoms with Crippen LogP contribution in [-0.4, -0.2) is 75.8 Å². The lowest BCUT2D eigenvalue weighted by Crippen LogP contribution is -2.10. The van der Waals surface area contributed by atoms with Crippen molar-refractivity contribution in [1.82, 2.24) is 75.8 Å². The molecule has 0 spiro atoms. The van der Waals surface area contributed by atoms with Crippen LogP contribution in [0.15, 0.2) is 32.5 Å². The molecule has 0 unspecified atom stereocenters. The average Bonchev–Trinajstić information content (AvgIpc) is 4.07. The number of halogens is 9. The number of nitrogens with zero attached hydrogens (tertiary/aromatic N) is 15. The minimum Gasteiger partial charge on any atom is -0.396 e. The molecule has 21 nitrogen and oxygen atoms in total.